The number of halogens is 1. The molecule has 0 aliphatic rings. The monoisotopic (exact) mass is 421 g/mol. The number of allylic oxidation sites excluding steroid dienone is 2. The number of H-pyrrole nitrogens is 2. The van der Waals surface area contributed by atoms with Gasteiger partial charge in [-0.1, -0.05) is 30.9 Å². The van der Waals surface area contributed by atoms with Crippen LogP contribution in [-0.4, -0.2) is 25.1 Å². The Hall–Kier alpha value is -4.32. The summed E-state index contributed by atoms with van der Waals surface area (Å²) in [5.41, 5.74) is 7.93. The van der Waals surface area contributed by atoms with Gasteiger partial charge in [-0.25, -0.2) is 4.39 Å². The van der Waals surface area contributed by atoms with E-state index in [4.69, 9.17) is 0 Å². The quantitative estimate of drug-likeness (QED) is 0.338. The van der Waals surface area contributed by atoms with Crippen molar-refractivity contribution in [3.8, 4) is 22.6 Å². The Labute approximate surface area is 184 Å². The average molecular weight is 421 g/mol. The molecular weight excluding hydrogens is 401 g/mol. The molecule has 0 spiro atoms. The standard InChI is InChI=1S/C26H20FN5/c1-3-5-20(18-6-4-7-19(27)12-18)21-13-24(30-16(21)2)26-22-14-23(17-8-10-28-11-9-17)29-15-25(22)31-32-26/h3-15,30H,1H2,2H3,(H,31,32)/b20-5-. The van der Waals surface area contributed by atoms with Gasteiger partial charge >= 0.3 is 0 Å². The van der Waals surface area contributed by atoms with Crippen molar-refractivity contribution in [2.24, 2.45) is 0 Å². The van der Waals surface area contributed by atoms with E-state index in [0.29, 0.717) is 0 Å². The predicted octanol–water partition coefficient (Wildman–Crippen LogP) is 6.08. The Balaban J connectivity index is 1.62. The van der Waals surface area contributed by atoms with Gasteiger partial charge in [-0.15, -0.1) is 0 Å². The summed E-state index contributed by atoms with van der Waals surface area (Å²) >= 11 is 0. The molecule has 156 valence electrons. The number of pyridine rings is 2. The van der Waals surface area contributed by atoms with Crippen molar-refractivity contribution in [2.45, 2.75) is 6.92 Å². The number of nitrogens with one attached hydrogen (secondary N) is 2. The van der Waals surface area contributed by atoms with Crippen molar-refractivity contribution in [3.05, 3.63) is 108 Å². The van der Waals surface area contributed by atoms with Crippen LogP contribution >= 0.6 is 0 Å². The second kappa shape index (κ2) is 8.07. The molecule has 4 aromatic heterocycles. The Morgan fingerprint density at radius 3 is 2.72 bits per heavy atom. The Morgan fingerprint density at radius 1 is 1.09 bits per heavy atom. The second-order valence-electron chi connectivity index (χ2n) is 7.47. The molecule has 5 aromatic rings. The summed E-state index contributed by atoms with van der Waals surface area (Å²) in [5.74, 6) is -0.277. The summed E-state index contributed by atoms with van der Waals surface area (Å²) in [6.07, 6.45) is 8.88. The molecule has 0 fully saturated rings. The van der Waals surface area contributed by atoms with Gasteiger partial charge in [0.2, 0.25) is 0 Å². The van der Waals surface area contributed by atoms with Gasteiger partial charge in [0.15, 0.2) is 0 Å². The molecule has 5 rings (SSSR count). The predicted molar refractivity (Wildman–Crippen MR) is 125 cm³/mol. The van der Waals surface area contributed by atoms with Crippen molar-refractivity contribution in [1.82, 2.24) is 25.1 Å². The molecule has 6 heteroatoms. The second-order valence-corrected chi connectivity index (χ2v) is 7.47. The van der Waals surface area contributed by atoms with Gasteiger partial charge in [-0.3, -0.25) is 15.1 Å². The van der Waals surface area contributed by atoms with Gasteiger partial charge in [0.05, 0.1) is 23.1 Å². The molecule has 0 saturated heterocycles. The minimum Gasteiger partial charge on any atom is -0.357 e. The SMILES string of the molecule is C=C/C=C(/c1cccc(F)c1)c1cc(-c2n[nH]c3cnc(-c4ccncc4)cc23)[nH]c1C. The maximum atomic E-state index is 13.9. The zero-order valence-corrected chi connectivity index (χ0v) is 17.4. The number of aryl methyl sites for hydroxylation is 1. The first-order valence-electron chi connectivity index (χ1n) is 10.2. The van der Waals surface area contributed by atoms with Crippen LogP contribution in [0.4, 0.5) is 4.39 Å². The Bertz CT molecular complexity index is 1460. The van der Waals surface area contributed by atoms with Crippen LogP contribution < -0.4 is 0 Å². The average Bonchev–Trinajstić information content (AvgIpc) is 3.41. The third kappa shape index (κ3) is 3.52. The van der Waals surface area contributed by atoms with Gasteiger partial charge < -0.3 is 4.98 Å². The highest BCUT2D eigenvalue weighted by molar-refractivity contribution is 5.95. The van der Waals surface area contributed by atoms with E-state index < -0.39 is 0 Å². The van der Waals surface area contributed by atoms with Gasteiger partial charge in [0.1, 0.15) is 11.5 Å². The first kappa shape index (κ1) is 19.6. The zero-order valence-electron chi connectivity index (χ0n) is 17.4. The molecule has 5 nitrogen and oxygen atoms in total. The lowest BCUT2D eigenvalue weighted by Crippen LogP contribution is -1.89. The molecule has 2 N–H and O–H groups in total. The number of aromatic amines is 2. The van der Waals surface area contributed by atoms with Crippen LogP contribution in [0.5, 0.6) is 0 Å². The summed E-state index contributed by atoms with van der Waals surface area (Å²) in [5, 5.41) is 8.56. The van der Waals surface area contributed by atoms with Crippen LogP contribution in [-0.2, 0) is 0 Å². The molecule has 0 aliphatic carbocycles. The molecule has 0 bridgehead atoms. The van der Waals surface area contributed by atoms with E-state index in [1.165, 1.54) is 12.1 Å². The highest BCUT2D eigenvalue weighted by Gasteiger charge is 2.17. The van der Waals surface area contributed by atoms with Crippen LogP contribution in [0.15, 0.2) is 85.9 Å². The topological polar surface area (TPSA) is 70.2 Å². The van der Waals surface area contributed by atoms with E-state index in [2.05, 4.69) is 31.7 Å². The summed E-state index contributed by atoms with van der Waals surface area (Å²) in [6.45, 7) is 5.82. The summed E-state index contributed by atoms with van der Waals surface area (Å²) in [6, 6.07) is 14.5. The lowest BCUT2D eigenvalue weighted by atomic mass is 9.97. The molecule has 1 aromatic carbocycles. The van der Waals surface area contributed by atoms with Crippen molar-refractivity contribution < 1.29 is 4.39 Å². The minimum absolute atomic E-state index is 0.277. The lowest BCUT2D eigenvalue weighted by Gasteiger charge is -2.07. The van der Waals surface area contributed by atoms with E-state index in [-0.39, 0.29) is 5.82 Å². The molecule has 0 aliphatic heterocycles. The number of hydrogen-bond acceptors (Lipinski definition) is 3. The first-order chi connectivity index (χ1) is 15.6. The molecule has 4 heterocycles. The maximum Gasteiger partial charge on any atom is 0.123 e. The van der Waals surface area contributed by atoms with Crippen LogP contribution in [0.1, 0.15) is 16.8 Å². The molecule has 32 heavy (non-hydrogen) atoms. The van der Waals surface area contributed by atoms with Crippen molar-refractivity contribution in [3.63, 3.8) is 0 Å². The lowest BCUT2D eigenvalue weighted by molar-refractivity contribution is 0.627. The van der Waals surface area contributed by atoms with Crippen LogP contribution in [0.2, 0.25) is 0 Å². The number of aromatic nitrogens is 5. The van der Waals surface area contributed by atoms with Gasteiger partial charge in [0, 0.05) is 34.6 Å². The van der Waals surface area contributed by atoms with E-state index in [9.17, 15) is 4.39 Å². The summed E-state index contributed by atoms with van der Waals surface area (Å²) < 4.78 is 13.9. The number of rotatable bonds is 5. The largest absolute Gasteiger partial charge is 0.357 e. The smallest absolute Gasteiger partial charge is 0.123 e. The number of hydrogen-bond donors (Lipinski definition) is 2. The van der Waals surface area contributed by atoms with E-state index in [1.54, 1.807) is 30.7 Å². The fourth-order valence-electron chi connectivity index (χ4n) is 3.88. The minimum atomic E-state index is -0.277. The first-order valence-corrected chi connectivity index (χ1v) is 10.2. The fraction of sp³-hybridized carbons (Fsp3) is 0.0385. The highest BCUT2D eigenvalue weighted by atomic mass is 19.1. The third-order valence-electron chi connectivity index (χ3n) is 5.40. The normalized spacial score (nSPS) is 11.8. The van der Waals surface area contributed by atoms with Gasteiger partial charge in [0.25, 0.3) is 0 Å². The molecule has 0 unspecified atom stereocenters. The number of fused-ring (bicyclic) bond motifs is 1. The molecule has 0 amide bonds. The Kier molecular flexibility index (Phi) is 4.95. The zero-order chi connectivity index (χ0) is 22.1. The van der Waals surface area contributed by atoms with E-state index in [1.807, 2.05) is 43.3 Å². The van der Waals surface area contributed by atoms with E-state index in [0.717, 1.165) is 55.9 Å². The summed E-state index contributed by atoms with van der Waals surface area (Å²) in [7, 11) is 0. The third-order valence-corrected chi connectivity index (χ3v) is 5.40. The van der Waals surface area contributed by atoms with Crippen LogP contribution in [0.25, 0.3) is 39.1 Å². The molecule has 0 saturated carbocycles. The van der Waals surface area contributed by atoms with Gasteiger partial charge in [-0.2, -0.15) is 5.10 Å². The van der Waals surface area contributed by atoms with Crippen molar-refractivity contribution in [2.75, 3.05) is 0 Å². The van der Waals surface area contributed by atoms with Gasteiger partial charge in [-0.05, 0) is 54.5 Å². The molecular formula is C26H20FN5. The Morgan fingerprint density at radius 2 is 1.94 bits per heavy atom. The fourth-order valence-corrected chi connectivity index (χ4v) is 3.88. The number of benzene rings is 1. The molecule has 0 radical (unpaired) electrons. The van der Waals surface area contributed by atoms with Crippen LogP contribution in [0.3, 0.4) is 0 Å². The molecule has 0 atom stereocenters. The maximum absolute atomic E-state index is 13.9. The highest BCUT2D eigenvalue weighted by Crippen LogP contribution is 2.33. The van der Waals surface area contributed by atoms with E-state index >= 15 is 0 Å². The van der Waals surface area contributed by atoms with Crippen LogP contribution in [0, 0.1) is 12.7 Å². The van der Waals surface area contributed by atoms with Crippen molar-refractivity contribution in [1.29, 1.82) is 0 Å². The van der Waals surface area contributed by atoms with Crippen molar-refractivity contribution >= 4 is 16.5 Å². The summed E-state index contributed by atoms with van der Waals surface area (Å²) in [4.78, 5) is 12.1. The number of nitrogens with zero attached hydrogens (tertiary/aromatic N) is 3.